The molecule has 4 nitrogen and oxygen atoms in total. The second-order valence-electron chi connectivity index (χ2n) is 7.89. The SMILES string of the molecule is COc1ccc(C2OCC(COC3C[C@H](C)CC[C@H]3C(C)C)O2)cc1. The molecule has 0 amide bonds. The maximum absolute atomic E-state index is 6.31. The number of rotatable bonds is 6. The summed E-state index contributed by atoms with van der Waals surface area (Å²) in [5, 5.41) is 0. The smallest absolute Gasteiger partial charge is 0.184 e. The molecule has 1 aliphatic heterocycles. The highest BCUT2D eigenvalue weighted by molar-refractivity contribution is 5.28. The van der Waals surface area contributed by atoms with E-state index in [1.54, 1.807) is 7.11 Å². The molecule has 3 rings (SSSR count). The summed E-state index contributed by atoms with van der Waals surface area (Å²) in [4.78, 5) is 0. The lowest BCUT2D eigenvalue weighted by Crippen LogP contribution is -2.36. The predicted octanol–water partition coefficient (Wildman–Crippen LogP) is 4.59. The highest BCUT2D eigenvalue weighted by atomic mass is 16.7. The molecule has 1 aromatic carbocycles. The lowest BCUT2D eigenvalue weighted by Gasteiger charge is -2.37. The van der Waals surface area contributed by atoms with Gasteiger partial charge in [-0.25, -0.2) is 0 Å². The molecule has 1 saturated carbocycles. The number of methoxy groups -OCH3 is 1. The van der Waals surface area contributed by atoms with Crippen LogP contribution in [0.3, 0.4) is 0 Å². The van der Waals surface area contributed by atoms with Crippen molar-refractivity contribution in [2.45, 2.75) is 58.5 Å². The Balaban J connectivity index is 1.50. The Bertz CT molecular complexity index is 527. The molecule has 0 N–H and O–H groups in total. The van der Waals surface area contributed by atoms with Gasteiger partial charge in [-0.1, -0.05) is 39.3 Å². The molecule has 25 heavy (non-hydrogen) atoms. The monoisotopic (exact) mass is 348 g/mol. The first kappa shape index (κ1) is 18.7. The molecule has 0 aromatic heterocycles. The summed E-state index contributed by atoms with van der Waals surface area (Å²) in [6, 6.07) is 7.85. The Morgan fingerprint density at radius 3 is 2.60 bits per heavy atom. The maximum Gasteiger partial charge on any atom is 0.184 e. The van der Waals surface area contributed by atoms with Gasteiger partial charge in [0, 0.05) is 5.56 Å². The van der Waals surface area contributed by atoms with E-state index in [0.29, 0.717) is 31.2 Å². The second kappa shape index (κ2) is 8.52. The van der Waals surface area contributed by atoms with Crippen molar-refractivity contribution in [2.75, 3.05) is 20.3 Å². The number of benzene rings is 1. The summed E-state index contributed by atoms with van der Waals surface area (Å²) in [7, 11) is 1.67. The standard InChI is InChI=1S/C21H32O4/c1-14(2)19-10-5-15(3)11-20(19)23-12-18-13-24-21(25-18)16-6-8-17(22-4)9-7-16/h6-9,14-15,18-21H,5,10-13H2,1-4H3/t15-,18?,19+,20?,21?/m1/s1. The molecule has 5 atom stereocenters. The molecule has 1 aliphatic carbocycles. The third-order valence-electron chi connectivity index (χ3n) is 5.60. The minimum Gasteiger partial charge on any atom is -0.497 e. The second-order valence-corrected chi connectivity index (χ2v) is 7.89. The van der Waals surface area contributed by atoms with Crippen LogP contribution in [0.4, 0.5) is 0 Å². The topological polar surface area (TPSA) is 36.9 Å². The highest BCUT2D eigenvalue weighted by Gasteiger charge is 2.33. The van der Waals surface area contributed by atoms with Crippen molar-refractivity contribution in [3.05, 3.63) is 29.8 Å². The fraction of sp³-hybridized carbons (Fsp3) is 0.714. The van der Waals surface area contributed by atoms with E-state index in [9.17, 15) is 0 Å². The van der Waals surface area contributed by atoms with Crippen LogP contribution < -0.4 is 4.74 Å². The van der Waals surface area contributed by atoms with Crippen LogP contribution in [0.1, 0.15) is 51.9 Å². The number of ether oxygens (including phenoxy) is 4. The first-order chi connectivity index (χ1) is 12.1. The lowest BCUT2D eigenvalue weighted by atomic mass is 9.75. The largest absolute Gasteiger partial charge is 0.497 e. The van der Waals surface area contributed by atoms with Gasteiger partial charge in [-0.3, -0.25) is 0 Å². The Kier molecular flexibility index (Phi) is 6.37. The molecule has 0 radical (unpaired) electrons. The molecule has 1 saturated heterocycles. The summed E-state index contributed by atoms with van der Waals surface area (Å²) in [6.07, 6.45) is 3.83. The average molecular weight is 348 g/mol. The van der Waals surface area contributed by atoms with Gasteiger partial charge in [0.25, 0.3) is 0 Å². The highest BCUT2D eigenvalue weighted by Crippen LogP contribution is 2.36. The number of hydrogen-bond donors (Lipinski definition) is 0. The van der Waals surface area contributed by atoms with Crippen LogP contribution in [0, 0.1) is 17.8 Å². The summed E-state index contributed by atoms with van der Waals surface area (Å²) in [5.74, 6) is 2.93. The molecule has 0 spiro atoms. The van der Waals surface area contributed by atoms with Gasteiger partial charge in [0.2, 0.25) is 0 Å². The van der Waals surface area contributed by atoms with Crippen molar-refractivity contribution in [3.8, 4) is 5.75 Å². The summed E-state index contributed by atoms with van der Waals surface area (Å²) in [5.41, 5.74) is 1.02. The van der Waals surface area contributed by atoms with Crippen LogP contribution in [0.25, 0.3) is 0 Å². The Hall–Kier alpha value is -1.10. The van der Waals surface area contributed by atoms with Crippen LogP contribution in [-0.2, 0) is 14.2 Å². The first-order valence-electron chi connectivity index (χ1n) is 9.59. The van der Waals surface area contributed by atoms with E-state index in [1.165, 1.54) is 19.3 Å². The fourth-order valence-corrected chi connectivity index (χ4v) is 4.01. The normalized spacial score (nSPS) is 32.9. The van der Waals surface area contributed by atoms with E-state index in [2.05, 4.69) is 20.8 Å². The lowest BCUT2D eigenvalue weighted by molar-refractivity contribution is -0.0993. The predicted molar refractivity (Wildman–Crippen MR) is 97.6 cm³/mol. The van der Waals surface area contributed by atoms with Crippen molar-refractivity contribution < 1.29 is 18.9 Å². The first-order valence-corrected chi connectivity index (χ1v) is 9.59. The Morgan fingerprint density at radius 1 is 1.16 bits per heavy atom. The van der Waals surface area contributed by atoms with Crippen LogP contribution >= 0.6 is 0 Å². The molecule has 2 aliphatic rings. The maximum atomic E-state index is 6.31. The van der Waals surface area contributed by atoms with Crippen LogP contribution in [0.15, 0.2) is 24.3 Å². The van der Waals surface area contributed by atoms with Crippen LogP contribution in [0.5, 0.6) is 5.75 Å². The molecule has 140 valence electrons. The molecule has 1 aromatic rings. The van der Waals surface area contributed by atoms with E-state index >= 15 is 0 Å². The Labute approximate surface area is 151 Å². The molecular formula is C21H32O4. The van der Waals surface area contributed by atoms with Gasteiger partial charge in [-0.2, -0.15) is 0 Å². The van der Waals surface area contributed by atoms with Gasteiger partial charge >= 0.3 is 0 Å². The average Bonchev–Trinajstić information content (AvgIpc) is 3.09. The molecule has 4 heteroatoms. The van der Waals surface area contributed by atoms with Crippen LogP contribution in [0.2, 0.25) is 0 Å². The van der Waals surface area contributed by atoms with E-state index in [4.69, 9.17) is 18.9 Å². The van der Waals surface area contributed by atoms with Gasteiger partial charge in [-0.15, -0.1) is 0 Å². The third-order valence-corrected chi connectivity index (χ3v) is 5.60. The van der Waals surface area contributed by atoms with E-state index in [1.807, 2.05) is 24.3 Å². The van der Waals surface area contributed by atoms with Crippen molar-refractivity contribution in [1.82, 2.24) is 0 Å². The van der Waals surface area contributed by atoms with Crippen molar-refractivity contribution in [1.29, 1.82) is 0 Å². The minimum absolute atomic E-state index is 0.0112. The van der Waals surface area contributed by atoms with Gasteiger partial charge in [-0.05, 0) is 42.7 Å². The summed E-state index contributed by atoms with van der Waals surface area (Å²) < 4.78 is 23.4. The van der Waals surface area contributed by atoms with Gasteiger partial charge in [0.1, 0.15) is 11.9 Å². The Morgan fingerprint density at radius 2 is 1.92 bits per heavy atom. The fourth-order valence-electron chi connectivity index (χ4n) is 4.01. The zero-order chi connectivity index (χ0) is 17.8. The summed E-state index contributed by atoms with van der Waals surface area (Å²) in [6.45, 7) is 8.16. The van der Waals surface area contributed by atoms with E-state index in [-0.39, 0.29) is 12.4 Å². The van der Waals surface area contributed by atoms with Gasteiger partial charge < -0.3 is 18.9 Å². The van der Waals surface area contributed by atoms with Crippen molar-refractivity contribution >= 4 is 0 Å². The summed E-state index contributed by atoms with van der Waals surface area (Å²) >= 11 is 0. The third kappa shape index (κ3) is 4.75. The molecule has 2 fully saturated rings. The molecule has 0 bridgehead atoms. The van der Waals surface area contributed by atoms with Crippen LogP contribution in [-0.4, -0.2) is 32.5 Å². The van der Waals surface area contributed by atoms with Crippen molar-refractivity contribution in [3.63, 3.8) is 0 Å². The minimum atomic E-state index is -0.300. The van der Waals surface area contributed by atoms with Crippen molar-refractivity contribution in [2.24, 2.45) is 17.8 Å². The van der Waals surface area contributed by atoms with E-state index in [0.717, 1.165) is 17.2 Å². The number of hydrogen-bond acceptors (Lipinski definition) is 4. The zero-order valence-electron chi connectivity index (χ0n) is 15.9. The van der Waals surface area contributed by atoms with Gasteiger partial charge in [0.05, 0.1) is 26.4 Å². The van der Waals surface area contributed by atoms with Gasteiger partial charge in [0.15, 0.2) is 6.29 Å². The molecule has 3 unspecified atom stereocenters. The quantitative estimate of drug-likeness (QED) is 0.754. The zero-order valence-corrected chi connectivity index (χ0v) is 15.9. The van der Waals surface area contributed by atoms with E-state index < -0.39 is 0 Å². The molecule has 1 heterocycles. The molecular weight excluding hydrogens is 316 g/mol.